The van der Waals surface area contributed by atoms with E-state index in [1.54, 1.807) is 18.2 Å². The van der Waals surface area contributed by atoms with E-state index in [2.05, 4.69) is 31.9 Å². The molecule has 1 aliphatic heterocycles. The van der Waals surface area contributed by atoms with E-state index in [-0.39, 0.29) is 4.90 Å². The molecule has 1 aliphatic rings. The second kappa shape index (κ2) is 5.79. The van der Waals surface area contributed by atoms with E-state index in [1.165, 1.54) is 4.31 Å². The van der Waals surface area contributed by atoms with Crippen LogP contribution in [0.1, 0.15) is 6.42 Å². The number of halogens is 3. The molecule has 1 fully saturated rings. The highest BCUT2D eigenvalue weighted by atomic mass is 79.9. The van der Waals surface area contributed by atoms with Gasteiger partial charge in [-0.3, -0.25) is 0 Å². The number of sulfonamides is 1. The van der Waals surface area contributed by atoms with E-state index in [9.17, 15) is 8.42 Å². The Balaban J connectivity index is 2.28. The Morgan fingerprint density at radius 3 is 2.72 bits per heavy atom. The van der Waals surface area contributed by atoms with Gasteiger partial charge in [0.2, 0.25) is 10.0 Å². The Labute approximate surface area is 129 Å². The maximum Gasteiger partial charge on any atom is 0.243 e. The first-order chi connectivity index (χ1) is 8.45. The van der Waals surface area contributed by atoms with Crippen molar-refractivity contribution in [3.8, 4) is 0 Å². The zero-order valence-electron chi connectivity index (χ0n) is 9.44. The minimum absolute atomic E-state index is 0.286. The number of hydrogen-bond donors (Lipinski definition) is 0. The monoisotopic (exact) mass is 415 g/mol. The van der Waals surface area contributed by atoms with Gasteiger partial charge in [0.1, 0.15) is 0 Å². The van der Waals surface area contributed by atoms with Crippen LogP contribution in [0.4, 0.5) is 0 Å². The van der Waals surface area contributed by atoms with Crippen LogP contribution in [-0.4, -0.2) is 31.1 Å². The molecule has 2 rings (SSSR count). The third kappa shape index (κ3) is 2.93. The Bertz CT molecular complexity index is 550. The normalized spacial score (nSPS) is 21.4. The minimum Gasteiger partial charge on any atom is -0.207 e. The number of nitrogens with zero attached hydrogens (tertiary/aromatic N) is 1. The number of hydrogen-bond acceptors (Lipinski definition) is 2. The molecule has 1 aromatic rings. The van der Waals surface area contributed by atoms with Crippen LogP contribution in [0.15, 0.2) is 27.6 Å². The summed E-state index contributed by atoms with van der Waals surface area (Å²) >= 11 is 12.5. The highest BCUT2D eigenvalue weighted by Gasteiger charge is 2.32. The second-order valence-electron chi connectivity index (χ2n) is 4.25. The lowest BCUT2D eigenvalue weighted by molar-refractivity contribution is 0.466. The highest BCUT2D eigenvalue weighted by molar-refractivity contribution is 9.10. The van der Waals surface area contributed by atoms with Gasteiger partial charge in [-0.15, -0.1) is 0 Å². The number of rotatable bonds is 3. The summed E-state index contributed by atoms with van der Waals surface area (Å²) in [6, 6.07) is 4.69. The molecule has 0 N–H and O–H groups in total. The molecule has 3 nitrogen and oxygen atoms in total. The molecule has 0 bridgehead atoms. The fourth-order valence-electron chi connectivity index (χ4n) is 1.93. The summed E-state index contributed by atoms with van der Waals surface area (Å²) in [5, 5.41) is 1.34. The van der Waals surface area contributed by atoms with Crippen LogP contribution in [0.5, 0.6) is 0 Å². The smallest absolute Gasteiger partial charge is 0.207 e. The van der Waals surface area contributed by atoms with Crippen molar-refractivity contribution in [1.29, 1.82) is 0 Å². The Morgan fingerprint density at radius 2 is 2.17 bits per heavy atom. The first-order valence-electron chi connectivity index (χ1n) is 5.46. The van der Waals surface area contributed by atoms with Crippen LogP contribution in [0.25, 0.3) is 0 Å². The maximum absolute atomic E-state index is 12.4. The average molecular weight is 418 g/mol. The second-order valence-corrected chi connectivity index (χ2v) is 8.09. The summed E-state index contributed by atoms with van der Waals surface area (Å²) in [6.45, 7) is 1.16. The van der Waals surface area contributed by atoms with Gasteiger partial charge >= 0.3 is 0 Å². The molecular weight excluding hydrogens is 405 g/mol. The molecule has 1 atom stereocenters. The van der Waals surface area contributed by atoms with Crippen molar-refractivity contribution in [2.24, 2.45) is 5.92 Å². The minimum atomic E-state index is -3.40. The Kier molecular flexibility index (Phi) is 4.75. The average Bonchev–Trinajstić information content (AvgIpc) is 2.81. The number of benzene rings is 1. The zero-order chi connectivity index (χ0) is 13.3. The predicted octanol–water partition coefficient (Wildman–Crippen LogP) is 3.51. The van der Waals surface area contributed by atoms with Crippen LogP contribution in [0.2, 0.25) is 5.02 Å². The molecular formula is C11H12Br2ClNO2S. The molecule has 0 amide bonds. The fraction of sp³-hybridized carbons (Fsp3) is 0.455. The van der Waals surface area contributed by atoms with Crippen molar-refractivity contribution in [1.82, 2.24) is 4.31 Å². The Hall–Kier alpha value is 0.380. The number of alkyl halides is 1. The van der Waals surface area contributed by atoms with E-state index in [4.69, 9.17) is 11.6 Å². The van der Waals surface area contributed by atoms with Gasteiger partial charge in [-0.05, 0) is 46.5 Å². The van der Waals surface area contributed by atoms with Crippen molar-refractivity contribution in [2.75, 3.05) is 18.4 Å². The molecule has 0 spiro atoms. The van der Waals surface area contributed by atoms with E-state index >= 15 is 0 Å². The molecule has 18 heavy (non-hydrogen) atoms. The highest BCUT2D eigenvalue weighted by Crippen LogP contribution is 2.29. The summed E-state index contributed by atoms with van der Waals surface area (Å²) < 4.78 is 26.9. The van der Waals surface area contributed by atoms with Gasteiger partial charge < -0.3 is 0 Å². The standard InChI is InChI=1S/C11H12Br2ClNO2S/c12-6-8-3-4-15(7-8)18(16,17)9-1-2-11(14)10(13)5-9/h1-2,5,8H,3-4,6-7H2. The van der Waals surface area contributed by atoms with Gasteiger partial charge in [-0.25, -0.2) is 8.42 Å². The lowest BCUT2D eigenvalue weighted by Crippen LogP contribution is -2.29. The largest absolute Gasteiger partial charge is 0.243 e. The fourth-order valence-corrected chi connectivity index (χ4v) is 4.66. The zero-order valence-corrected chi connectivity index (χ0v) is 14.2. The predicted molar refractivity (Wildman–Crippen MR) is 79.8 cm³/mol. The molecule has 0 radical (unpaired) electrons. The van der Waals surface area contributed by atoms with Gasteiger partial charge in [0.15, 0.2) is 0 Å². The molecule has 0 aromatic heterocycles. The van der Waals surface area contributed by atoms with Gasteiger partial charge in [0.25, 0.3) is 0 Å². The van der Waals surface area contributed by atoms with E-state index < -0.39 is 10.0 Å². The molecule has 7 heteroatoms. The van der Waals surface area contributed by atoms with Crippen molar-refractivity contribution < 1.29 is 8.42 Å². The molecule has 0 saturated carbocycles. The first kappa shape index (κ1) is 14.8. The third-order valence-corrected chi connectivity index (χ3v) is 6.99. The third-order valence-electron chi connectivity index (χ3n) is 3.00. The molecule has 1 aromatic carbocycles. The maximum atomic E-state index is 12.4. The topological polar surface area (TPSA) is 37.4 Å². The van der Waals surface area contributed by atoms with Gasteiger partial charge in [-0.1, -0.05) is 27.5 Å². The lowest BCUT2D eigenvalue weighted by atomic mass is 10.2. The van der Waals surface area contributed by atoms with Crippen molar-refractivity contribution in [2.45, 2.75) is 11.3 Å². The van der Waals surface area contributed by atoms with Gasteiger partial charge in [0, 0.05) is 22.9 Å². The van der Waals surface area contributed by atoms with Gasteiger partial charge in [-0.2, -0.15) is 4.31 Å². The Morgan fingerprint density at radius 1 is 1.44 bits per heavy atom. The summed E-state index contributed by atoms with van der Waals surface area (Å²) in [4.78, 5) is 0.286. The van der Waals surface area contributed by atoms with E-state index in [0.717, 1.165) is 11.8 Å². The molecule has 100 valence electrons. The van der Waals surface area contributed by atoms with E-state index in [1.807, 2.05) is 0 Å². The lowest BCUT2D eigenvalue weighted by Gasteiger charge is -2.16. The summed E-state index contributed by atoms with van der Waals surface area (Å²) in [6.07, 6.45) is 0.902. The summed E-state index contributed by atoms with van der Waals surface area (Å²) in [7, 11) is -3.40. The summed E-state index contributed by atoms with van der Waals surface area (Å²) in [5.74, 6) is 0.399. The van der Waals surface area contributed by atoms with Crippen molar-refractivity contribution in [3.05, 3.63) is 27.7 Å². The van der Waals surface area contributed by atoms with E-state index in [0.29, 0.717) is 28.5 Å². The van der Waals surface area contributed by atoms with Crippen LogP contribution in [0, 0.1) is 5.92 Å². The van der Waals surface area contributed by atoms with Crippen molar-refractivity contribution in [3.63, 3.8) is 0 Å². The van der Waals surface area contributed by atoms with Crippen molar-refractivity contribution >= 4 is 53.5 Å². The first-order valence-corrected chi connectivity index (χ1v) is 9.19. The van der Waals surface area contributed by atoms with Crippen LogP contribution in [-0.2, 0) is 10.0 Å². The molecule has 1 unspecified atom stereocenters. The van der Waals surface area contributed by atoms with Gasteiger partial charge in [0.05, 0.1) is 9.92 Å². The molecule has 0 aliphatic carbocycles. The van der Waals surface area contributed by atoms with Crippen LogP contribution in [0.3, 0.4) is 0 Å². The quantitative estimate of drug-likeness (QED) is 0.706. The van der Waals surface area contributed by atoms with Crippen LogP contribution >= 0.6 is 43.5 Å². The summed E-state index contributed by atoms with van der Waals surface area (Å²) in [5.41, 5.74) is 0. The van der Waals surface area contributed by atoms with Crippen LogP contribution < -0.4 is 0 Å². The molecule has 1 saturated heterocycles. The molecule has 1 heterocycles. The SMILES string of the molecule is O=S(=O)(c1ccc(Cl)c(Br)c1)N1CCC(CBr)C1.